The van der Waals surface area contributed by atoms with Crippen molar-refractivity contribution in [2.45, 2.75) is 25.7 Å². The second-order valence-electron chi connectivity index (χ2n) is 6.64. The van der Waals surface area contributed by atoms with E-state index in [0.29, 0.717) is 0 Å². The summed E-state index contributed by atoms with van der Waals surface area (Å²) in [6.45, 7) is 0. The van der Waals surface area contributed by atoms with Crippen molar-refractivity contribution < 1.29 is 0 Å². The fraction of sp³-hybridized carbons (Fsp3) is 0.250. The minimum atomic E-state index is -1.63. The average molecular weight is 382 g/mol. The van der Waals surface area contributed by atoms with Crippen LogP contribution in [0.5, 0.6) is 0 Å². The smallest absolute Gasteiger partial charge is 0.112 e. The highest BCUT2D eigenvalue weighted by Gasteiger charge is 2.44. The fourth-order valence-corrected chi connectivity index (χ4v) is 8.28. The SMILES string of the molecule is ClCCCCCC[P+](c1ccccc1)(c1ccccc1)c1ccccc1. The fourth-order valence-electron chi connectivity index (χ4n) is 3.68. The zero-order valence-corrected chi connectivity index (χ0v) is 16.9. The Morgan fingerprint density at radius 2 is 0.885 bits per heavy atom. The first-order valence-corrected chi connectivity index (χ1v) is 12.0. The lowest BCUT2D eigenvalue weighted by molar-refractivity contribution is 0.708. The Hall–Kier alpha value is -1.62. The molecular weight excluding hydrogens is 355 g/mol. The van der Waals surface area contributed by atoms with E-state index in [1.54, 1.807) is 0 Å². The van der Waals surface area contributed by atoms with Gasteiger partial charge >= 0.3 is 0 Å². The van der Waals surface area contributed by atoms with Crippen LogP contribution in [-0.2, 0) is 0 Å². The van der Waals surface area contributed by atoms with Crippen LogP contribution in [-0.4, -0.2) is 12.0 Å². The molecule has 0 nitrogen and oxygen atoms in total. The summed E-state index contributed by atoms with van der Waals surface area (Å²) in [5, 5.41) is 4.44. The van der Waals surface area contributed by atoms with Crippen molar-refractivity contribution in [2.75, 3.05) is 12.0 Å². The number of benzene rings is 3. The summed E-state index contributed by atoms with van der Waals surface area (Å²) in [5.74, 6) is 0.774. The molecule has 0 bridgehead atoms. The van der Waals surface area contributed by atoms with Gasteiger partial charge < -0.3 is 0 Å². The second-order valence-corrected chi connectivity index (χ2v) is 10.6. The molecule has 3 aromatic carbocycles. The van der Waals surface area contributed by atoms with Gasteiger partial charge in [0.05, 0.1) is 6.16 Å². The Balaban J connectivity index is 2.06. The molecule has 2 heteroatoms. The van der Waals surface area contributed by atoms with E-state index >= 15 is 0 Å². The summed E-state index contributed by atoms with van der Waals surface area (Å²) in [7, 11) is -1.63. The molecule has 0 aromatic heterocycles. The molecule has 0 fully saturated rings. The Bertz CT molecular complexity index is 659. The van der Waals surface area contributed by atoms with Crippen molar-refractivity contribution in [3.63, 3.8) is 0 Å². The van der Waals surface area contributed by atoms with Crippen LogP contribution in [0.2, 0.25) is 0 Å². The minimum Gasteiger partial charge on any atom is -0.127 e. The molecule has 26 heavy (non-hydrogen) atoms. The molecule has 0 saturated heterocycles. The third-order valence-corrected chi connectivity index (χ3v) is 9.76. The van der Waals surface area contributed by atoms with Crippen LogP contribution in [0.3, 0.4) is 0 Å². The van der Waals surface area contributed by atoms with E-state index in [1.807, 2.05) is 0 Å². The van der Waals surface area contributed by atoms with Crippen molar-refractivity contribution in [1.82, 2.24) is 0 Å². The highest BCUT2D eigenvalue weighted by Crippen LogP contribution is 2.55. The lowest BCUT2D eigenvalue weighted by Crippen LogP contribution is -2.33. The molecule has 0 N–H and O–H groups in total. The van der Waals surface area contributed by atoms with Crippen molar-refractivity contribution in [2.24, 2.45) is 0 Å². The summed E-state index contributed by atoms with van der Waals surface area (Å²) < 4.78 is 0. The van der Waals surface area contributed by atoms with Gasteiger partial charge in [0.2, 0.25) is 0 Å². The van der Waals surface area contributed by atoms with Gasteiger partial charge in [-0.1, -0.05) is 61.0 Å². The number of hydrogen-bond acceptors (Lipinski definition) is 0. The summed E-state index contributed by atoms with van der Waals surface area (Å²) in [6.07, 6.45) is 6.05. The minimum absolute atomic E-state index is 0.774. The molecule has 0 saturated carbocycles. The maximum atomic E-state index is 5.86. The number of rotatable bonds is 9. The quantitative estimate of drug-likeness (QED) is 0.250. The van der Waals surface area contributed by atoms with E-state index in [1.165, 1.54) is 41.3 Å². The van der Waals surface area contributed by atoms with Gasteiger partial charge in [-0.3, -0.25) is 0 Å². The first kappa shape index (κ1) is 19.2. The topological polar surface area (TPSA) is 0 Å². The summed E-state index contributed by atoms with van der Waals surface area (Å²) in [5.41, 5.74) is 0. The monoisotopic (exact) mass is 381 g/mol. The van der Waals surface area contributed by atoms with Crippen LogP contribution in [0.25, 0.3) is 0 Å². The Kier molecular flexibility index (Phi) is 7.30. The van der Waals surface area contributed by atoms with Crippen molar-refractivity contribution in [1.29, 1.82) is 0 Å². The largest absolute Gasteiger partial charge is 0.127 e. The number of halogens is 1. The predicted octanol–water partition coefficient (Wildman–Crippen LogP) is 5.78. The van der Waals surface area contributed by atoms with Gasteiger partial charge in [0.1, 0.15) is 23.2 Å². The molecule has 0 unspecified atom stereocenters. The van der Waals surface area contributed by atoms with Gasteiger partial charge in [0, 0.05) is 5.88 Å². The Labute approximate surface area is 163 Å². The molecule has 3 aromatic rings. The molecule has 0 atom stereocenters. The van der Waals surface area contributed by atoms with E-state index in [2.05, 4.69) is 91.0 Å². The van der Waals surface area contributed by atoms with Gasteiger partial charge in [-0.25, -0.2) is 0 Å². The Morgan fingerprint density at radius 3 is 1.27 bits per heavy atom. The third-order valence-electron chi connectivity index (χ3n) is 4.97. The maximum Gasteiger partial charge on any atom is 0.112 e. The molecule has 0 aliphatic heterocycles. The van der Waals surface area contributed by atoms with Gasteiger partial charge in [0.15, 0.2) is 0 Å². The molecule has 0 aliphatic carbocycles. The van der Waals surface area contributed by atoms with Gasteiger partial charge in [-0.15, -0.1) is 11.6 Å². The third kappa shape index (κ3) is 4.37. The number of alkyl halides is 1. The van der Waals surface area contributed by atoms with Gasteiger partial charge in [0.25, 0.3) is 0 Å². The molecule has 0 heterocycles. The first-order valence-electron chi connectivity index (χ1n) is 9.49. The predicted molar refractivity (Wildman–Crippen MR) is 119 cm³/mol. The number of unbranched alkanes of at least 4 members (excludes halogenated alkanes) is 3. The molecular formula is C24H27ClP+. The van der Waals surface area contributed by atoms with Gasteiger partial charge in [-0.05, 0) is 55.7 Å². The zero-order valence-electron chi connectivity index (χ0n) is 15.2. The number of hydrogen-bond donors (Lipinski definition) is 0. The molecule has 134 valence electrons. The van der Waals surface area contributed by atoms with Crippen LogP contribution in [0.15, 0.2) is 91.0 Å². The van der Waals surface area contributed by atoms with Crippen LogP contribution >= 0.6 is 18.9 Å². The normalized spacial score (nSPS) is 11.4. The van der Waals surface area contributed by atoms with E-state index in [0.717, 1.165) is 12.3 Å². The summed E-state index contributed by atoms with van der Waals surface area (Å²) >= 11 is 5.86. The Morgan fingerprint density at radius 1 is 0.500 bits per heavy atom. The highest BCUT2D eigenvalue weighted by atomic mass is 35.5. The standard InChI is InChI=1S/C24H27ClP/c25-20-12-1-2-13-21-26(22-14-6-3-7-15-22,23-16-8-4-9-17-23)24-18-10-5-11-19-24/h3-11,14-19H,1-2,12-13,20-21H2/q+1. The van der Waals surface area contributed by atoms with Crippen LogP contribution in [0.1, 0.15) is 25.7 Å². The molecule has 0 aliphatic rings. The molecule has 0 spiro atoms. The van der Waals surface area contributed by atoms with E-state index in [9.17, 15) is 0 Å². The van der Waals surface area contributed by atoms with Crippen LogP contribution in [0, 0.1) is 0 Å². The van der Waals surface area contributed by atoms with Crippen molar-refractivity contribution >= 4 is 34.8 Å². The van der Waals surface area contributed by atoms with E-state index < -0.39 is 7.26 Å². The van der Waals surface area contributed by atoms with Crippen LogP contribution in [0.4, 0.5) is 0 Å². The first-order chi connectivity index (χ1) is 12.9. The second kappa shape index (κ2) is 9.91. The maximum absolute atomic E-state index is 5.86. The highest BCUT2D eigenvalue weighted by molar-refractivity contribution is 7.95. The molecule has 0 amide bonds. The van der Waals surface area contributed by atoms with E-state index in [-0.39, 0.29) is 0 Å². The summed E-state index contributed by atoms with van der Waals surface area (Å²) in [6, 6.07) is 33.4. The van der Waals surface area contributed by atoms with Crippen molar-refractivity contribution in [3.05, 3.63) is 91.0 Å². The zero-order chi connectivity index (χ0) is 18.1. The van der Waals surface area contributed by atoms with Crippen molar-refractivity contribution in [3.8, 4) is 0 Å². The van der Waals surface area contributed by atoms with Gasteiger partial charge in [-0.2, -0.15) is 0 Å². The molecule has 3 rings (SSSR count). The molecule has 0 radical (unpaired) electrons. The average Bonchev–Trinajstić information content (AvgIpc) is 2.73. The summed E-state index contributed by atoms with van der Waals surface area (Å²) in [4.78, 5) is 0. The van der Waals surface area contributed by atoms with E-state index in [4.69, 9.17) is 11.6 Å². The van der Waals surface area contributed by atoms with Crippen LogP contribution < -0.4 is 15.9 Å². The lowest BCUT2D eigenvalue weighted by Gasteiger charge is -2.27. The lowest BCUT2D eigenvalue weighted by atomic mass is 10.2.